The monoisotopic (exact) mass is 171 g/mol. The summed E-state index contributed by atoms with van der Waals surface area (Å²) in [6, 6.07) is 0. The van der Waals surface area contributed by atoms with E-state index in [4.69, 9.17) is 0 Å². The van der Waals surface area contributed by atoms with E-state index in [0.717, 1.165) is 0 Å². The quantitative estimate of drug-likeness (QED) is 0.569. The fraction of sp³-hybridized carbons (Fsp3) is 0.857. The van der Waals surface area contributed by atoms with Crippen molar-refractivity contribution in [3.63, 3.8) is 0 Å². The lowest BCUT2D eigenvalue weighted by molar-refractivity contribution is -0.136. The molecule has 0 aliphatic carbocycles. The molecule has 11 heavy (non-hydrogen) atoms. The van der Waals surface area contributed by atoms with Gasteiger partial charge in [-0.25, -0.2) is 4.39 Å². The summed E-state index contributed by atoms with van der Waals surface area (Å²) in [4.78, 5) is 0. The van der Waals surface area contributed by atoms with Crippen molar-refractivity contribution >= 4 is 0 Å². The van der Waals surface area contributed by atoms with E-state index in [1.807, 2.05) is 0 Å². The van der Waals surface area contributed by atoms with Gasteiger partial charge in [0.2, 0.25) is 0 Å². The molecule has 0 nitrogen and oxygen atoms in total. The van der Waals surface area contributed by atoms with Gasteiger partial charge in [0.1, 0.15) is 6.17 Å². The van der Waals surface area contributed by atoms with Crippen LogP contribution in [0.5, 0.6) is 0 Å². The average molecular weight is 171 g/mol. The molecule has 67 valence electrons. The van der Waals surface area contributed by atoms with Crippen molar-refractivity contribution in [2.45, 2.75) is 38.0 Å². The maximum Gasteiger partial charge on any atom is 0.389 e. The summed E-state index contributed by atoms with van der Waals surface area (Å²) >= 11 is 0. The van der Waals surface area contributed by atoms with E-state index in [2.05, 4.69) is 6.92 Å². The van der Waals surface area contributed by atoms with Crippen molar-refractivity contribution in [2.24, 2.45) is 0 Å². The van der Waals surface area contributed by atoms with Crippen molar-refractivity contribution in [1.29, 1.82) is 0 Å². The van der Waals surface area contributed by atoms with Crippen molar-refractivity contribution in [2.75, 3.05) is 0 Å². The molecule has 0 rings (SSSR count). The van der Waals surface area contributed by atoms with Crippen LogP contribution in [0.4, 0.5) is 17.6 Å². The van der Waals surface area contributed by atoms with E-state index >= 15 is 0 Å². The van der Waals surface area contributed by atoms with Crippen LogP contribution >= 0.6 is 0 Å². The summed E-state index contributed by atoms with van der Waals surface area (Å²) in [5.74, 6) is 0. The predicted molar refractivity (Wildman–Crippen MR) is 34.8 cm³/mol. The number of hydrogen-bond acceptors (Lipinski definition) is 0. The standard InChI is InChI=1S/C7H11F4/c1-2-6(8)4-3-5-7(9,10)11/h6H,1-5H2/t6-/m0/s1. The van der Waals surface area contributed by atoms with E-state index in [1.165, 1.54) is 0 Å². The smallest absolute Gasteiger partial charge is 0.247 e. The number of hydrogen-bond donors (Lipinski definition) is 0. The average Bonchev–Trinajstić information content (AvgIpc) is 1.85. The molecule has 0 aliphatic heterocycles. The molecule has 0 aromatic heterocycles. The highest BCUT2D eigenvalue weighted by Crippen LogP contribution is 2.23. The third-order valence-electron chi connectivity index (χ3n) is 1.29. The van der Waals surface area contributed by atoms with Crippen LogP contribution in [-0.2, 0) is 0 Å². The third kappa shape index (κ3) is 7.62. The van der Waals surface area contributed by atoms with Crippen LogP contribution in [0.3, 0.4) is 0 Å². The first-order chi connectivity index (χ1) is 4.95. The maximum atomic E-state index is 12.3. The zero-order chi connectivity index (χ0) is 8.91. The largest absolute Gasteiger partial charge is 0.389 e. The van der Waals surface area contributed by atoms with Gasteiger partial charge in [0.25, 0.3) is 0 Å². The molecular weight excluding hydrogens is 160 g/mol. The van der Waals surface area contributed by atoms with Crippen LogP contribution in [0.25, 0.3) is 0 Å². The van der Waals surface area contributed by atoms with Gasteiger partial charge in [0.05, 0.1) is 0 Å². The highest BCUT2D eigenvalue weighted by Gasteiger charge is 2.26. The van der Waals surface area contributed by atoms with Gasteiger partial charge in [0.15, 0.2) is 0 Å². The molecule has 0 fully saturated rings. The Morgan fingerprint density at radius 2 is 1.82 bits per heavy atom. The second-order valence-corrected chi connectivity index (χ2v) is 2.39. The fourth-order valence-electron chi connectivity index (χ4n) is 0.668. The summed E-state index contributed by atoms with van der Waals surface area (Å²) in [5.41, 5.74) is 0. The molecule has 0 aromatic rings. The molecule has 0 aliphatic rings. The van der Waals surface area contributed by atoms with E-state index in [9.17, 15) is 17.6 Å². The lowest BCUT2D eigenvalue weighted by Crippen LogP contribution is -2.08. The second-order valence-electron chi connectivity index (χ2n) is 2.39. The minimum atomic E-state index is -4.15. The topological polar surface area (TPSA) is 0 Å². The lowest BCUT2D eigenvalue weighted by atomic mass is 10.1. The highest BCUT2D eigenvalue weighted by atomic mass is 19.4. The molecule has 1 radical (unpaired) electrons. The van der Waals surface area contributed by atoms with Crippen LogP contribution in [0.15, 0.2) is 0 Å². The van der Waals surface area contributed by atoms with Crippen LogP contribution in [0.1, 0.15) is 25.7 Å². The second kappa shape index (κ2) is 4.57. The molecule has 0 spiro atoms. The number of alkyl halides is 4. The zero-order valence-electron chi connectivity index (χ0n) is 6.12. The third-order valence-corrected chi connectivity index (χ3v) is 1.29. The molecule has 1 atom stereocenters. The summed E-state index contributed by atoms with van der Waals surface area (Å²) in [6.45, 7) is 3.24. The molecule has 0 amide bonds. The molecule has 0 heterocycles. The van der Waals surface area contributed by atoms with E-state index in [0.29, 0.717) is 0 Å². The van der Waals surface area contributed by atoms with Gasteiger partial charge in [-0.1, -0.05) is 6.92 Å². The minimum Gasteiger partial charge on any atom is -0.247 e. The summed E-state index contributed by atoms with van der Waals surface area (Å²) in [5, 5.41) is 0. The van der Waals surface area contributed by atoms with Gasteiger partial charge in [-0.05, 0) is 19.3 Å². The predicted octanol–water partition coefficient (Wildman–Crippen LogP) is 3.28. The van der Waals surface area contributed by atoms with E-state index < -0.39 is 18.8 Å². The Morgan fingerprint density at radius 1 is 1.27 bits per heavy atom. The van der Waals surface area contributed by atoms with E-state index in [-0.39, 0.29) is 19.3 Å². The van der Waals surface area contributed by atoms with Gasteiger partial charge in [-0.15, -0.1) is 0 Å². The first-order valence-electron chi connectivity index (χ1n) is 3.46. The van der Waals surface area contributed by atoms with E-state index in [1.54, 1.807) is 0 Å². The van der Waals surface area contributed by atoms with Crippen LogP contribution in [0.2, 0.25) is 0 Å². The van der Waals surface area contributed by atoms with Crippen molar-refractivity contribution in [3.05, 3.63) is 6.92 Å². The molecule has 0 saturated carbocycles. The van der Waals surface area contributed by atoms with Gasteiger partial charge in [-0.3, -0.25) is 0 Å². The van der Waals surface area contributed by atoms with Crippen molar-refractivity contribution in [1.82, 2.24) is 0 Å². The number of rotatable bonds is 4. The number of halogens is 4. The molecule has 0 saturated heterocycles. The first kappa shape index (κ1) is 10.7. The van der Waals surface area contributed by atoms with Crippen LogP contribution in [0, 0.1) is 6.92 Å². The van der Waals surface area contributed by atoms with Crippen molar-refractivity contribution in [3.8, 4) is 0 Å². The molecule has 4 heteroatoms. The summed E-state index contributed by atoms with van der Waals surface area (Å²) in [6.07, 6.45) is -6.35. The van der Waals surface area contributed by atoms with Gasteiger partial charge >= 0.3 is 6.18 Å². The Labute approximate surface area is 63.6 Å². The summed E-state index contributed by atoms with van der Waals surface area (Å²) < 4.78 is 46.7. The molecule has 0 unspecified atom stereocenters. The van der Waals surface area contributed by atoms with Gasteiger partial charge < -0.3 is 0 Å². The Morgan fingerprint density at radius 3 is 2.18 bits per heavy atom. The molecule has 0 bridgehead atoms. The van der Waals surface area contributed by atoms with Crippen LogP contribution < -0.4 is 0 Å². The molecule has 0 aromatic carbocycles. The minimum absolute atomic E-state index is 0.0387. The van der Waals surface area contributed by atoms with Crippen molar-refractivity contribution < 1.29 is 17.6 Å². The molecule has 0 N–H and O–H groups in total. The first-order valence-corrected chi connectivity index (χ1v) is 3.46. The zero-order valence-corrected chi connectivity index (χ0v) is 6.12. The van der Waals surface area contributed by atoms with Gasteiger partial charge in [-0.2, -0.15) is 13.2 Å². The Kier molecular flexibility index (Phi) is 4.45. The summed E-state index contributed by atoms with van der Waals surface area (Å²) in [7, 11) is 0. The Bertz CT molecular complexity index is 97.1. The lowest BCUT2D eigenvalue weighted by Gasteiger charge is -2.06. The highest BCUT2D eigenvalue weighted by molar-refractivity contribution is 4.59. The van der Waals surface area contributed by atoms with Gasteiger partial charge in [0, 0.05) is 6.42 Å². The normalized spacial score (nSPS) is 15.0. The SMILES string of the molecule is [CH2]C[C@H](F)CCCC(F)(F)F. The van der Waals surface area contributed by atoms with Crippen LogP contribution in [-0.4, -0.2) is 12.3 Å². The Balaban J connectivity index is 3.28. The fourth-order valence-corrected chi connectivity index (χ4v) is 0.668. The Hall–Kier alpha value is -0.280. The molecular formula is C7H11F4. The maximum absolute atomic E-state index is 12.3.